The molecule has 2 atom stereocenters. The molecule has 3 aromatic rings. The van der Waals surface area contributed by atoms with Crippen LogP contribution in [0.15, 0.2) is 71.2 Å². The third kappa shape index (κ3) is 11.6. The average Bonchev–Trinajstić information content (AvgIpc) is 3.01. The van der Waals surface area contributed by atoms with Crippen LogP contribution in [0.1, 0.15) is 101 Å². The standard InChI is InChI=1S/C38H49BrO2/c1-5-9-14-30(7-3)28-40-37-27-35(23-19-33-20-24-36(39)25-21-33)38(41-29-31(8-4)15-10-6-2)26-34(37)22-18-32-16-12-11-13-17-32/h11-13,16-27,30-31H,5-10,14-15,28-29H2,1-4H3/b22-18+,23-19+. The molecule has 0 aromatic heterocycles. The molecular formula is C38H49BrO2. The third-order valence-electron chi connectivity index (χ3n) is 7.76. The Morgan fingerprint density at radius 2 is 1.07 bits per heavy atom. The lowest BCUT2D eigenvalue weighted by Crippen LogP contribution is -2.13. The van der Waals surface area contributed by atoms with Gasteiger partial charge in [0.1, 0.15) is 11.5 Å². The van der Waals surface area contributed by atoms with Crippen LogP contribution in [0.2, 0.25) is 0 Å². The highest BCUT2D eigenvalue weighted by molar-refractivity contribution is 9.10. The van der Waals surface area contributed by atoms with E-state index < -0.39 is 0 Å². The van der Waals surface area contributed by atoms with Gasteiger partial charge in [-0.1, -0.05) is 149 Å². The molecule has 0 fully saturated rings. The SMILES string of the molecule is CCCCC(CC)COc1cc(/C=C/c2ccc(Br)cc2)c(OCC(CC)CCCC)cc1/C=C/c1ccccc1. The van der Waals surface area contributed by atoms with E-state index >= 15 is 0 Å². The van der Waals surface area contributed by atoms with E-state index in [1.54, 1.807) is 0 Å². The summed E-state index contributed by atoms with van der Waals surface area (Å²) in [7, 11) is 0. The van der Waals surface area contributed by atoms with Crippen molar-refractivity contribution in [3.8, 4) is 11.5 Å². The fourth-order valence-corrected chi connectivity index (χ4v) is 5.09. The zero-order valence-electron chi connectivity index (χ0n) is 25.6. The summed E-state index contributed by atoms with van der Waals surface area (Å²) in [6, 6.07) is 23.2. The zero-order chi connectivity index (χ0) is 29.3. The summed E-state index contributed by atoms with van der Waals surface area (Å²) >= 11 is 3.54. The Balaban J connectivity index is 1.99. The Hall–Kier alpha value is -2.78. The number of ether oxygens (including phenoxy) is 2. The summed E-state index contributed by atoms with van der Waals surface area (Å²) in [5.74, 6) is 2.93. The molecule has 0 bridgehead atoms. The number of hydrogen-bond donors (Lipinski definition) is 0. The molecule has 2 unspecified atom stereocenters. The number of benzene rings is 3. The molecule has 0 aliphatic rings. The Bertz CT molecular complexity index is 1200. The van der Waals surface area contributed by atoms with Crippen molar-refractivity contribution >= 4 is 40.2 Å². The molecule has 220 valence electrons. The van der Waals surface area contributed by atoms with Gasteiger partial charge in [0.15, 0.2) is 0 Å². The summed E-state index contributed by atoms with van der Waals surface area (Å²) in [6.45, 7) is 10.5. The van der Waals surface area contributed by atoms with Crippen molar-refractivity contribution in [3.63, 3.8) is 0 Å². The van der Waals surface area contributed by atoms with Gasteiger partial charge in [0, 0.05) is 15.6 Å². The van der Waals surface area contributed by atoms with Crippen LogP contribution in [0.4, 0.5) is 0 Å². The molecule has 0 radical (unpaired) electrons. The van der Waals surface area contributed by atoms with E-state index in [0.717, 1.165) is 58.7 Å². The lowest BCUT2D eigenvalue weighted by Gasteiger charge is -2.20. The monoisotopic (exact) mass is 616 g/mol. The van der Waals surface area contributed by atoms with Crippen LogP contribution < -0.4 is 9.47 Å². The fraction of sp³-hybridized carbons (Fsp3) is 0.421. The van der Waals surface area contributed by atoms with Gasteiger partial charge in [-0.05, 0) is 60.1 Å². The van der Waals surface area contributed by atoms with Crippen molar-refractivity contribution in [2.24, 2.45) is 11.8 Å². The van der Waals surface area contributed by atoms with Gasteiger partial charge in [0.25, 0.3) is 0 Å². The molecule has 0 saturated carbocycles. The highest BCUT2D eigenvalue weighted by Gasteiger charge is 2.14. The molecule has 3 heteroatoms. The van der Waals surface area contributed by atoms with Gasteiger partial charge in [-0.2, -0.15) is 0 Å². The smallest absolute Gasteiger partial charge is 0.127 e. The quantitative estimate of drug-likeness (QED) is 0.132. The molecule has 3 aromatic carbocycles. The largest absolute Gasteiger partial charge is 0.493 e. The molecule has 41 heavy (non-hydrogen) atoms. The maximum Gasteiger partial charge on any atom is 0.127 e. The fourth-order valence-electron chi connectivity index (χ4n) is 4.82. The summed E-state index contributed by atoms with van der Waals surface area (Å²) < 4.78 is 14.3. The van der Waals surface area contributed by atoms with E-state index in [1.165, 1.54) is 44.1 Å². The summed E-state index contributed by atoms with van der Waals surface area (Å²) in [5.41, 5.74) is 4.41. The summed E-state index contributed by atoms with van der Waals surface area (Å²) in [4.78, 5) is 0. The molecule has 0 heterocycles. The van der Waals surface area contributed by atoms with E-state index in [-0.39, 0.29) is 0 Å². The maximum absolute atomic E-state index is 6.59. The molecule has 0 amide bonds. The van der Waals surface area contributed by atoms with Crippen LogP contribution in [-0.2, 0) is 0 Å². The van der Waals surface area contributed by atoms with Crippen molar-refractivity contribution in [2.75, 3.05) is 13.2 Å². The van der Waals surface area contributed by atoms with Crippen molar-refractivity contribution in [1.82, 2.24) is 0 Å². The average molecular weight is 618 g/mol. The minimum Gasteiger partial charge on any atom is -0.493 e. The first-order valence-electron chi connectivity index (χ1n) is 15.7. The second-order valence-electron chi connectivity index (χ2n) is 11.0. The second kappa shape index (κ2) is 18.6. The normalized spacial score (nSPS) is 13.1. The molecule has 0 aliphatic carbocycles. The van der Waals surface area contributed by atoms with Gasteiger partial charge in [0.05, 0.1) is 13.2 Å². The third-order valence-corrected chi connectivity index (χ3v) is 8.29. The summed E-state index contributed by atoms with van der Waals surface area (Å²) in [5, 5.41) is 0. The zero-order valence-corrected chi connectivity index (χ0v) is 27.2. The van der Waals surface area contributed by atoms with Crippen molar-refractivity contribution in [1.29, 1.82) is 0 Å². The predicted molar refractivity (Wildman–Crippen MR) is 182 cm³/mol. The van der Waals surface area contributed by atoms with Gasteiger partial charge in [-0.25, -0.2) is 0 Å². The van der Waals surface area contributed by atoms with Crippen LogP contribution in [0.3, 0.4) is 0 Å². The van der Waals surface area contributed by atoms with E-state index in [4.69, 9.17) is 9.47 Å². The molecule has 2 nitrogen and oxygen atoms in total. The van der Waals surface area contributed by atoms with Crippen LogP contribution >= 0.6 is 15.9 Å². The van der Waals surface area contributed by atoms with Gasteiger partial charge in [-0.3, -0.25) is 0 Å². The Morgan fingerprint density at radius 3 is 1.51 bits per heavy atom. The highest BCUT2D eigenvalue weighted by atomic mass is 79.9. The van der Waals surface area contributed by atoms with Crippen molar-refractivity contribution < 1.29 is 9.47 Å². The lowest BCUT2D eigenvalue weighted by atomic mass is 10.00. The predicted octanol–water partition coefficient (Wildman–Crippen LogP) is 12.0. The van der Waals surface area contributed by atoms with Crippen molar-refractivity contribution in [2.45, 2.75) is 79.1 Å². The van der Waals surface area contributed by atoms with E-state index in [1.807, 2.05) is 6.07 Å². The van der Waals surface area contributed by atoms with Crippen LogP contribution in [0, 0.1) is 11.8 Å². The Labute approximate surface area is 258 Å². The van der Waals surface area contributed by atoms with E-state index in [0.29, 0.717) is 11.8 Å². The maximum atomic E-state index is 6.59. The van der Waals surface area contributed by atoms with Crippen LogP contribution in [-0.4, -0.2) is 13.2 Å². The topological polar surface area (TPSA) is 18.5 Å². The first kappa shape index (κ1) is 32.7. The summed E-state index contributed by atoms with van der Waals surface area (Å²) in [6.07, 6.45) is 18.2. The van der Waals surface area contributed by atoms with Gasteiger partial charge < -0.3 is 9.47 Å². The number of halogens is 1. The number of hydrogen-bond acceptors (Lipinski definition) is 2. The number of rotatable bonds is 18. The van der Waals surface area contributed by atoms with Crippen molar-refractivity contribution in [3.05, 3.63) is 93.5 Å². The Kier molecular flexibility index (Phi) is 14.9. The molecule has 0 N–H and O–H groups in total. The lowest BCUT2D eigenvalue weighted by molar-refractivity contribution is 0.227. The minimum atomic E-state index is 0.557. The van der Waals surface area contributed by atoms with Gasteiger partial charge >= 0.3 is 0 Å². The van der Waals surface area contributed by atoms with Gasteiger partial charge in [0.2, 0.25) is 0 Å². The molecular weight excluding hydrogens is 568 g/mol. The van der Waals surface area contributed by atoms with E-state index in [2.05, 4.69) is 129 Å². The second-order valence-corrected chi connectivity index (χ2v) is 11.9. The Morgan fingerprint density at radius 1 is 0.610 bits per heavy atom. The first-order chi connectivity index (χ1) is 20.1. The van der Waals surface area contributed by atoms with E-state index in [9.17, 15) is 0 Å². The highest BCUT2D eigenvalue weighted by Crippen LogP contribution is 2.34. The molecule has 3 rings (SSSR count). The minimum absolute atomic E-state index is 0.557. The molecule has 0 saturated heterocycles. The molecule has 0 aliphatic heterocycles. The number of unbranched alkanes of at least 4 members (excludes halogenated alkanes) is 2. The molecule has 0 spiro atoms. The first-order valence-corrected chi connectivity index (χ1v) is 16.5. The van der Waals surface area contributed by atoms with Crippen LogP contribution in [0.25, 0.3) is 24.3 Å². The van der Waals surface area contributed by atoms with Crippen LogP contribution in [0.5, 0.6) is 11.5 Å². The van der Waals surface area contributed by atoms with Gasteiger partial charge in [-0.15, -0.1) is 0 Å².